The third-order valence-electron chi connectivity index (χ3n) is 4.39. The number of pyridine rings is 1. The minimum absolute atomic E-state index is 0.285. The van der Waals surface area contributed by atoms with Crippen LogP contribution in [0.25, 0.3) is 11.6 Å². The van der Waals surface area contributed by atoms with Crippen LogP contribution in [0.3, 0.4) is 0 Å². The molecule has 0 aromatic carbocycles. The van der Waals surface area contributed by atoms with Gasteiger partial charge in [-0.25, -0.2) is 9.37 Å². The van der Waals surface area contributed by atoms with Crippen LogP contribution < -0.4 is 5.73 Å². The zero-order valence-corrected chi connectivity index (χ0v) is 12.1. The highest BCUT2D eigenvalue weighted by atomic mass is 19.1. The predicted octanol–water partition coefficient (Wildman–Crippen LogP) is 3.02. The lowest BCUT2D eigenvalue weighted by molar-refractivity contribution is 0.216. The first-order valence-corrected chi connectivity index (χ1v) is 7.36. The molecule has 2 aromatic heterocycles. The van der Waals surface area contributed by atoms with E-state index in [1.165, 1.54) is 18.6 Å². The van der Waals surface area contributed by atoms with E-state index in [1.807, 2.05) is 0 Å². The summed E-state index contributed by atoms with van der Waals surface area (Å²) in [4.78, 5) is 8.31. The number of nitrogens with zero attached hydrogens (tertiary/aromatic N) is 3. The molecular formula is C15H19FN4O. The number of rotatable bonds is 3. The molecule has 5 nitrogen and oxygen atoms in total. The first-order chi connectivity index (χ1) is 10.1. The van der Waals surface area contributed by atoms with Gasteiger partial charge in [0.1, 0.15) is 11.5 Å². The Morgan fingerprint density at radius 1 is 1.38 bits per heavy atom. The lowest BCUT2D eigenvalue weighted by Gasteiger charge is -2.34. The second kappa shape index (κ2) is 5.52. The van der Waals surface area contributed by atoms with E-state index in [2.05, 4.69) is 22.0 Å². The van der Waals surface area contributed by atoms with Gasteiger partial charge in [-0.2, -0.15) is 4.98 Å². The average Bonchev–Trinajstić information content (AvgIpc) is 2.99. The van der Waals surface area contributed by atoms with E-state index in [0.717, 1.165) is 37.8 Å². The highest BCUT2D eigenvalue weighted by molar-refractivity contribution is 5.45. The van der Waals surface area contributed by atoms with Gasteiger partial charge < -0.3 is 10.3 Å². The van der Waals surface area contributed by atoms with Gasteiger partial charge in [-0.3, -0.25) is 0 Å². The Labute approximate surface area is 122 Å². The quantitative estimate of drug-likeness (QED) is 0.940. The van der Waals surface area contributed by atoms with Crippen LogP contribution >= 0.6 is 0 Å². The fraction of sp³-hybridized carbons (Fsp3) is 0.533. The van der Waals surface area contributed by atoms with E-state index in [-0.39, 0.29) is 5.89 Å². The van der Waals surface area contributed by atoms with Gasteiger partial charge in [0.05, 0.1) is 11.7 Å². The molecule has 0 unspecified atom stereocenters. The number of aromatic nitrogens is 3. The van der Waals surface area contributed by atoms with Crippen LogP contribution in [0.1, 0.15) is 44.9 Å². The molecule has 1 saturated carbocycles. The van der Waals surface area contributed by atoms with Crippen LogP contribution in [0.2, 0.25) is 0 Å². The Morgan fingerprint density at radius 3 is 2.76 bits per heavy atom. The average molecular weight is 290 g/mol. The van der Waals surface area contributed by atoms with Gasteiger partial charge >= 0.3 is 0 Å². The minimum Gasteiger partial charge on any atom is -0.332 e. The van der Waals surface area contributed by atoms with Gasteiger partial charge in [-0.1, -0.05) is 18.5 Å². The van der Waals surface area contributed by atoms with Crippen LogP contribution in [0.15, 0.2) is 22.9 Å². The van der Waals surface area contributed by atoms with Crippen LogP contribution in [0, 0.1) is 11.7 Å². The number of halogens is 1. The summed E-state index contributed by atoms with van der Waals surface area (Å²) in [5.74, 6) is 1.16. The standard InChI is InChI=1S/C15H19FN4O/c1-2-10-5-7-15(17,8-6-10)14-19-13(21-20-14)12-4-3-11(16)9-18-12/h3-4,9-10H,2,5-8,17H2,1H3. The minimum atomic E-state index is -0.520. The molecule has 21 heavy (non-hydrogen) atoms. The Balaban J connectivity index is 1.80. The van der Waals surface area contributed by atoms with Gasteiger partial charge in [0, 0.05) is 0 Å². The van der Waals surface area contributed by atoms with Crippen LogP contribution in [0.4, 0.5) is 4.39 Å². The summed E-state index contributed by atoms with van der Waals surface area (Å²) in [5.41, 5.74) is 6.39. The first-order valence-electron chi connectivity index (χ1n) is 7.36. The van der Waals surface area contributed by atoms with Crippen molar-refractivity contribution in [3.05, 3.63) is 30.0 Å². The molecule has 0 saturated heterocycles. The molecule has 0 bridgehead atoms. The summed E-state index contributed by atoms with van der Waals surface area (Å²) in [5, 5.41) is 4.02. The van der Waals surface area contributed by atoms with Gasteiger partial charge in [-0.05, 0) is 43.7 Å². The second-order valence-corrected chi connectivity index (χ2v) is 5.79. The second-order valence-electron chi connectivity index (χ2n) is 5.79. The Morgan fingerprint density at radius 2 is 2.14 bits per heavy atom. The van der Waals surface area contributed by atoms with Crippen molar-refractivity contribution < 1.29 is 8.91 Å². The highest BCUT2D eigenvalue weighted by Gasteiger charge is 2.37. The van der Waals surface area contributed by atoms with E-state index < -0.39 is 11.4 Å². The maximum atomic E-state index is 12.9. The molecule has 0 spiro atoms. The largest absolute Gasteiger partial charge is 0.332 e. The van der Waals surface area contributed by atoms with Gasteiger partial charge in [0.15, 0.2) is 5.82 Å². The highest BCUT2D eigenvalue weighted by Crippen LogP contribution is 2.37. The van der Waals surface area contributed by atoms with Crippen molar-refractivity contribution in [2.75, 3.05) is 0 Å². The molecule has 2 N–H and O–H groups in total. The lowest BCUT2D eigenvalue weighted by atomic mass is 9.76. The summed E-state index contributed by atoms with van der Waals surface area (Å²) in [6.45, 7) is 2.21. The smallest absolute Gasteiger partial charge is 0.276 e. The number of nitrogens with two attached hydrogens (primary N) is 1. The molecule has 6 heteroatoms. The van der Waals surface area contributed by atoms with Crippen LogP contribution in [0.5, 0.6) is 0 Å². The fourth-order valence-corrected chi connectivity index (χ4v) is 2.86. The zero-order valence-electron chi connectivity index (χ0n) is 12.1. The third-order valence-corrected chi connectivity index (χ3v) is 4.39. The topological polar surface area (TPSA) is 77.8 Å². The van der Waals surface area contributed by atoms with Crippen molar-refractivity contribution in [1.82, 2.24) is 15.1 Å². The Bertz CT molecular complexity index is 602. The van der Waals surface area contributed by atoms with Gasteiger partial charge in [0.2, 0.25) is 0 Å². The number of hydrogen-bond donors (Lipinski definition) is 1. The molecular weight excluding hydrogens is 271 g/mol. The molecule has 0 aliphatic heterocycles. The van der Waals surface area contributed by atoms with Crippen molar-refractivity contribution >= 4 is 0 Å². The molecule has 0 amide bonds. The van der Waals surface area contributed by atoms with Crippen LogP contribution in [-0.2, 0) is 5.54 Å². The molecule has 0 atom stereocenters. The summed E-state index contributed by atoms with van der Waals surface area (Å²) >= 11 is 0. The predicted molar refractivity (Wildman–Crippen MR) is 75.6 cm³/mol. The van der Waals surface area contributed by atoms with Crippen molar-refractivity contribution in [2.45, 2.75) is 44.6 Å². The Kier molecular flexibility index (Phi) is 3.71. The summed E-state index contributed by atoms with van der Waals surface area (Å²) in [7, 11) is 0. The summed E-state index contributed by atoms with van der Waals surface area (Å²) in [6.07, 6.45) is 6.22. The molecule has 1 fully saturated rings. The Hall–Kier alpha value is -1.82. The van der Waals surface area contributed by atoms with E-state index in [9.17, 15) is 4.39 Å². The molecule has 3 rings (SSSR count). The van der Waals surface area contributed by atoms with E-state index in [0.29, 0.717) is 11.5 Å². The summed E-state index contributed by atoms with van der Waals surface area (Å²) in [6, 6.07) is 2.83. The molecule has 112 valence electrons. The normalized spacial score (nSPS) is 26.0. The molecule has 1 aliphatic rings. The van der Waals surface area contributed by atoms with Gasteiger partial charge in [0.25, 0.3) is 5.89 Å². The molecule has 2 aromatic rings. The monoisotopic (exact) mass is 290 g/mol. The van der Waals surface area contributed by atoms with E-state index in [1.54, 1.807) is 0 Å². The maximum absolute atomic E-state index is 12.9. The lowest BCUT2D eigenvalue weighted by Crippen LogP contribution is -2.41. The van der Waals surface area contributed by atoms with Crippen molar-refractivity contribution in [1.29, 1.82) is 0 Å². The maximum Gasteiger partial charge on any atom is 0.276 e. The van der Waals surface area contributed by atoms with Crippen molar-refractivity contribution in [3.8, 4) is 11.6 Å². The third kappa shape index (κ3) is 2.81. The van der Waals surface area contributed by atoms with E-state index in [4.69, 9.17) is 10.3 Å². The fourth-order valence-electron chi connectivity index (χ4n) is 2.86. The zero-order chi connectivity index (χ0) is 14.9. The van der Waals surface area contributed by atoms with Gasteiger partial charge in [-0.15, -0.1) is 0 Å². The number of hydrogen-bond acceptors (Lipinski definition) is 5. The van der Waals surface area contributed by atoms with Crippen molar-refractivity contribution in [2.24, 2.45) is 11.7 Å². The summed E-state index contributed by atoms with van der Waals surface area (Å²) < 4.78 is 18.1. The molecule has 0 radical (unpaired) electrons. The van der Waals surface area contributed by atoms with Crippen LogP contribution in [-0.4, -0.2) is 15.1 Å². The van der Waals surface area contributed by atoms with Crippen molar-refractivity contribution in [3.63, 3.8) is 0 Å². The SMILES string of the molecule is CCC1CCC(N)(c2noc(-c3ccc(F)cn3)n2)CC1. The first kappa shape index (κ1) is 14.1. The van der Waals surface area contributed by atoms with E-state index >= 15 is 0 Å². The molecule has 1 aliphatic carbocycles. The molecule has 2 heterocycles.